The van der Waals surface area contributed by atoms with Gasteiger partial charge in [0.2, 0.25) is 0 Å². The van der Waals surface area contributed by atoms with Crippen LogP contribution in [0, 0.1) is 5.92 Å². The third-order valence-corrected chi connectivity index (χ3v) is 3.13. The average molecular weight is 273 g/mol. The lowest BCUT2D eigenvalue weighted by Gasteiger charge is -2.09. The van der Waals surface area contributed by atoms with Gasteiger partial charge < -0.3 is 9.47 Å². The summed E-state index contributed by atoms with van der Waals surface area (Å²) in [6.07, 6.45) is 1.66. The second kappa shape index (κ2) is 5.69. The van der Waals surface area contributed by atoms with E-state index in [0.29, 0.717) is 11.3 Å². The zero-order chi connectivity index (χ0) is 14.7. The number of methoxy groups -OCH3 is 2. The predicted molar refractivity (Wildman–Crippen MR) is 74.6 cm³/mol. The van der Waals surface area contributed by atoms with E-state index in [2.05, 4.69) is 4.99 Å². The number of hydrogen-bond acceptors (Lipinski definition) is 4. The molecule has 2 rings (SSSR count). The highest BCUT2D eigenvalue weighted by atomic mass is 16.5. The summed E-state index contributed by atoms with van der Waals surface area (Å²) in [6, 6.07) is 7.18. The first-order valence-corrected chi connectivity index (χ1v) is 6.09. The quantitative estimate of drug-likeness (QED) is 0.623. The Morgan fingerprint density at radius 2 is 1.90 bits per heavy atom. The van der Waals surface area contributed by atoms with Crippen LogP contribution < -0.4 is 4.74 Å². The first-order chi connectivity index (χ1) is 9.56. The fourth-order valence-corrected chi connectivity index (χ4v) is 2.08. The molecule has 0 aromatic heterocycles. The van der Waals surface area contributed by atoms with Gasteiger partial charge in [0.15, 0.2) is 0 Å². The molecule has 1 aliphatic heterocycles. The second-order valence-corrected chi connectivity index (χ2v) is 4.39. The van der Waals surface area contributed by atoms with E-state index in [1.807, 2.05) is 0 Å². The van der Waals surface area contributed by atoms with Gasteiger partial charge in [0.05, 0.1) is 14.2 Å². The summed E-state index contributed by atoms with van der Waals surface area (Å²) < 4.78 is 9.79. The Bertz CT molecular complexity index is 599. The third-order valence-electron chi connectivity index (χ3n) is 3.13. The number of aliphatic imine (C=N–C) groups is 1. The first-order valence-electron chi connectivity index (χ1n) is 6.09. The Morgan fingerprint density at radius 1 is 1.25 bits per heavy atom. The smallest absolute Gasteiger partial charge is 0.319 e. The first kappa shape index (κ1) is 14.0. The molecule has 1 aromatic carbocycles. The third kappa shape index (κ3) is 2.61. The van der Waals surface area contributed by atoms with Gasteiger partial charge in [0.1, 0.15) is 11.7 Å². The van der Waals surface area contributed by atoms with Crippen LogP contribution >= 0.6 is 0 Å². The average Bonchev–Trinajstić information content (AvgIpc) is 2.73. The van der Waals surface area contributed by atoms with E-state index >= 15 is 0 Å². The number of amides is 1. The fraction of sp³-hybridized carbons (Fsp3) is 0.267. The molecule has 0 bridgehead atoms. The molecule has 20 heavy (non-hydrogen) atoms. The standard InChI is InChI=1S/C15H15NO4/c1-9-13(15(18)20-3)12(14(17)16-9)8-10-4-6-11(19-2)7-5-10/h4-8,13H,1-3H3/b12-8-. The number of benzene rings is 1. The Labute approximate surface area is 116 Å². The van der Waals surface area contributed by atoms with Crippen LogP contribution in [0.15, 0.2) is 34.8 Å². The molecule has 1 amide bonds. The van der Waals surface area contributed by atoms with Gasteiger partial charge in [-0.15, -0.1) is 0 Å². The number of carbonyl (C=O) groups is 2. The normalized spacial score (nSPS) is 19.9. The molecule has 5 nitrogen and oxygen atoms in total. The lowest BCUT2D eigenvalue weighted by atomic mass is 9.95. The van der Waals surface area contributed by atoms with Gasteiger partial charge in [0, 0.05) is 11.3 Å². The van der Waals surface area contributed by atoms with Crippen LogP contribution in [0.2, 0.25) is 0 Å². The van der Waals surface area contributed by atoms with Crippen molar-refractivity contribution in [2.45, 2.75) is 6.92 Å². The number of rotatable bonds is 3. The summed E-state index contributed by atoms with van der Waals surface area (Å²) >= 11 is 0. The minimum absolute atomic E-state index is 0.333. The highest BCUT2D eigenvalue weighted by Crippen LogP contribution is 2.26. The van der Waals surface area contributed by atoms with Gasteiger partial charge in [-0.3, -0.25) is 9.59 Å². The summed E-state index contributed by atoms with van der Waals surface area (Å²) in [6.45, 7) is 1.65. The van der Waals surface area contributed by atoms with Crippen LogP contribution in [0.1, 0.15) is 12.5 Å². The molecule has 1 unspecified atom stereocenters. The number of ether oxygens (including phenoxy) is 2. The zero-order valence-electron chi connectivity index (χ0n) is 11.5. The molecule has 0 spiro atoms. The largest absolute Gasteiger partial charge is 0.497 e. The van der Waals surface area contributed by atoms with Crippen LogP contribution in [0.3, 0.4) is 0 Å². The van der Waals surface area contributed by atoms with Crippen LogP contribution in [0.5, 0.6) is 5.75 Å². The summed E-state index contributed by atoms with van der Waals surface area (Å²) in [5, 5.41) is 0. The minimum atomic E-state index is -0.713. The topological polar surface area (TPSA) is 65.0 Å². The Morgan fingerprint density at radius 3 is 2.45 bits per heavy atom. The van der Waals surface area contributed by atoms with Crippen molar-refractivity contribution in [1.82, 2.24) is 0 Å². The maximum Gasteiger partial charge on any atom is 0.319 e. The molecule has 104 valence electrons. The maximum atomic E-state index is 11.9. The van der Waals surface area contributed by atoms with Gasteiger partial charge in [-0.05, 0) is 30.7 Å². The Balaban J connectivity index is 2.35. The SMILES string of the molecule is COC(=O)C1C(C)=NC(=O)/C1=C\c1ccc(OC)cc1. The number of carbonyl (C=O) groups excluding carboxylic acids is 2. The predicted octanol–water partition coefficient (Wildman–Crippen LogP) is 1.87. The van der Waals surface area contributed by atoms with Crippen molar-refractivity contribution in [2.24, 2.45) is 10.9 Å². The van der Waals surface area contributed by atoms with Gasteiger partial charge in [-0.25, -0.2) is 4.99 Å². The maximum absolute atomic E-state index is 11.9. The molecule has 0 saturated heterocycles. The van der Waals surface area contributed by atoms with Gasteiger partial charge >= 0.3 is 5.97 Å². The molecule has 5 heteroatoms. The van der Waals surface area contributed by atoms with Crippen molar-refractivity contribution in [2.75, 3.05) is 14.2 Å². The lowest BCUT2D eigenvalue weighted by molar-refractivity contribution is -0.142. The molecule has 1 atom stereocenters. The molecular formula is C15H15NO4. The van der Waals surface area contributed by atoms with Crippen molar-refractivity contribution in [3.63, 3.8) is 0 Å². The summed E-state index contributed by atoms with van der Waals surface area (Å²) in [7, 11) is 2.88. The van der Waals surface area contributed by atoms with E-state index in [1.165, 1.54) is 7.11 Å². The molecule has 0 radical (unpaired) electrons. The van der Waals surface area contributed by atoms with E-state index in [-0.39, 0.29) is 0 Å². The molecule has 0 saturated carbocycles. The molecule has 1 aliphatic rings. The molecule has 0 N–H and O–H groups in total. The van der Waals surface area contributed by atoms with Gasteiger partial charge in [-0.1, -0.05) is 12.1 Å². The Kier molecular flexibility index (Phi) is 3.98. The van der Waals surface area contributed by atoms with Crippen LogP contribution in [0.4, 0.5) is 0 Å². The van der Waals surface area contributed by atoms with E-state index in [0.717, 1.165) is 11.3 Å². The van der Waals surface area contributed by atoms with E-state index < -0.39 is 17.8 Å². The molecule has 0 aliphatic carbocycles. The van der Waals surface area contributed by atoms with E-state index in [4.69, 9.17) is 9.47 Å². The van der Waals surface area contributed by atoms with Crippen molar-refractivity contribution in [3.05, 3.63) is 35.4 Å². The highest BCUT2D eigenvalue weighted by molar-refractivity contribution is 6.23. The molecular weight excluding hydrogens is 258 g/mol. The second-order valence-electron chi connectivity index (χ2n) is 4.39. The highest BCUT2D eigenvalue weighted by Gasteiger charge is 2.36. The summed E-state index contributed by atoms with van der Waals surface area (Å²) in [4.78, 5) is 27.4. The van der Waals surface area contributed by atoms with E-state index in [1.54, 1.807) is 44.4 Å². The lowest BCUT2D eigenvalue weighted by Crippen LogP contribution is -2.22. The van der Waals surface area contributed by atoms with Crippen molar-refractivity contribution >= 4 is 23.7 Å². The van der Waals surface area contributed by atoms with E-state index in [9.17, 15) is 9.59 Å². The van der Waals surface area contributed by atoms with Gasteiger partial charge in [-0.2, -0.15) is 0 Å². The van der Waals surface area contributed by atoms with Gasteiger partial charge in [0.25, 0.3) is 5.91 Å². The molecule has 1 heterocycles. The summed E-state index contributed by atoms with van der Waals surface area (Å²) in [5.41, 5.74) is 1.59. The van der Waals surface area contributed by atoms with Crippen molar-refractivity contribution in [3.8, 4) is 5.75 Å². The Hall–Kier alpha value is -2.43. The number of hydrogen-bond donors (Lipinski definition) is 0. The summed E-state index contributed by atoms with van der Waals surface area (Å²) in [5.74, 6) is -0.859. The zero-order valence-corrected chi connectivity index (χ0v) is 11.5. The monoisotopic (exact) mass is 273 g/mol. The molecule has 1 aromatic rings. The number of nitrogens with zero attached hydrogens (tertiary/aromatic N) is 1. The van der Waals surface area contributed by atoms with Crippen LogP contribution in [-0.2, 0) is 14.3 Å². The molecule has 0 fully saturated rings. The number of esters is 1. The van der Waals surface area contributed by atoms with Crippen LogP contribution in [-0.4, -0.2) is 31.8 Å². The minimum Gasteiger partial charge on any atom is -0.497 e. The van der Waals surface area contributed by atoms with Crippen molar-refractivity contribution in [1.29, 1.82) is 0 Å². The van der Waals surface area contributed by atoms with Crippen LogP contribution in [0.25, 0.3) is 6.08 Å². The van der Waals surface area contributed by atoms with Crippen molar-refractivity contribution < 1.29 is 19.1 Å². The fourth-order valence-electron chi connectivity index (χ4n) is 2.08.